The molecule has 0 saturated heterocycles. The van der Waals surface area contributed by atoms with E-state index in [1.165, 1.54) is 30.3 Å². The molecule has 0 saturated carbocycles. The fraction of sp³-hybridized carbons (Fsp3) is 0. The van der Waals surface area contributed by atoms with Crippen LogP contribution in [0.15, 0.2) is 42.5 Å². The number of para-hydroxylation sites is 1. The van der Waals surface area contributed by atoms with Gasteiger partial charge in [0.1, 0.15) is 5.82 Å². The second-order valence-corrected chi connectivity index (χ2v) is 4.17. The molecule has 94 valence electrons. The fourth-order valence-electron chi connectivity index (χ4n) is 2.16. The summed E-state index contributed by atoms with van der Waals surface area (Å²) in [6.07, 6.45) is 0. The molecular weight excluding hydrogens is 247 g/mol. The molecule has 0 spiro atoms. The second-order valence-electron chi connectivity index (χ2n) is 4.17. The highest BCUT2D eigenvalue weighted by atomic mass is 19.1. The normalized spacial score (nSPS) is 13.8. The Labute approximate surface area is 108 Å². The van der Waals surface area contributed by atoms with Gasteiger partial charge in [0.05, 0.1) is 16.8 Å². The maximum absolute atomic E-state index is 13.7. The number of nitrogens with zero attached hydrogens (tertiary/aromatic N) is 1. The predicted octanol–water partition coefficient (Wildman–Crippen LogP) is 2.21. The molecule has 1 heterocycles. The van der Waals surface area contributed by atoms with Crippen molar-refractivity contribution < 1.29 is 14.0 Å². The van der Waals surface area contributed by atoms with Crippen molar-refractivity contribution in [1.29, 1.82) is 0 Å². The van der Waals surface area contributed by atoms with Crippen LogP contribution in [0.4, 0.5) is 15.8 Å². The van der Waals surface area contributed by atoms with E-state index in [1.54, 1.807) is 12.1 Å². The number of imide groups is 1. The lowest BCUT2D eigenvalue weighted by molar-refractivity contribution is 0.0925. The molecule has 3 rings (SSSR count). The number of carbonyl (C=O) groups is 2. The number of halogens is 1. The summed E-state index contributed by atoms with van der Waals surface area (Å²) in [4.78, 5) is 25.2. The third-order valence-corrected chi connectivity index (χ3v) is 3.04. The molecule has 2 amide bonds. The van der Waals surface area contributed by atoms with Gasteiger partial charge in [0, 0.05) is 5.69 Å². The molecule has 1 aliphatic rings. The van der Waals surface area contributed by atoms with Crippen LogP contribution in [0.2, 0.25) is 0 Å². The summed E-state index contributed by atoms with van der Waals surface area (Å²) in [6.45, 7) is 0. The van der Waals surface area contributed by atoms with Gasteiger partial charge >= 0.3 is 0 Å². The minimum absolute atomic E-state index is 0.0619. The number of anilines is 2. The van der Waals surface area contributed by atoms with Crippen LogP contribution in [0.25, 0.3) is 0 Å². The number of hydrogen-bond donors (Lipinski definition) is 1. The van der Waals surface area contributed by atoms with Gasteiger partial charge in [-0.05, 0) is 24.3 Å². The maximum Gasteiger partial charge on any atom is 0.268 e. The molecule has 0 radical (unpaired) electrons. The molecule has 0 aliphatic carbocycles. The van der Waals surface area contributed by atoms with Crippen molar-refractivity contribution in [2.24, 2.45) is 0 Å². The predicted molar refractivity (Wildman–Crippen MR) is 68.4 cm³/mol. The number of hydrogen-bond acceptors (Lipinski definition) is 3. The number of rotatable bonds is 1. The lowest BCUT2D eigenvalue weighted by atomic mass is 10.1. The Bertz CT molecular complexity index is 712. The molecule has 19 heavy (non-hydrogen) atoms. The SMILES string of the molecule is Nc1cccc2c1C(=O)N(c1ccccc1F)C2=O. The van der Waals surface area contributed by atoms with Gasteiger partial charge in [-0.25, -0.2) is 9.29 Å². The Hall–Kier alpha value is -2.69. The lowest BCUT2D eigenvalue weighted by Crippen LogP contribution is -2.30. The minimum atomic E-state index is -0.629. The first-order chi connectivity index (χ1) is 9.11. The molecule has 1 aliphatic heterocycles. The third-order valence-electron chi connectivity index (χ3n) is 3.04. The third kappa shape index (κ3) is 1.52. The van der Waals surface area contributed by atoms with E-state index in [0.29, 0.717) is 0 Å². The first-order valence-electron chi connectivity index (χ1n) is 5.63. The number of fused-ring (bicyclic) bond motifs is 1. The average Bonchev–Trinajstić information content (AvgIpc) is 2.64. The van der Waals surface area contributed by atoms with Crippen molar-refractivity contribution in [3.8, 4) is 0 Å². The number of benzene rings is 2. The van der Waals surface area contributed by atoms with Crippen molar-refractivity contribution in [2.45, 2.75) is 0 Å². The average molecular weight is 256 g/mol. The van der Waals surface area contributed by atoms with Crippen LogP contribution in [-0.4, -0.2) is 11.8 Å². The van der Waals surface area contributed by atoms with Crippen LogP contribution in [0, 0.1) is 5.82 Å². The van der Waals surface area contributed by atoms with E-state index >= 15 is 0 Å². The van der Waals surface area contributed by atoms with Gasteiger partial charge in [-0.1, -0.05) is 18.2 Å². The van der Waals surface area contributed by atoms with Crippen LogP contribution in [0.5, 0.6) is 0 Å². The molecule has 0 aromatic heterocycles. The number of nitrogen functional groups attached to an aromatic ring is 1. The van der Waals surface area contributed by atoms with E-state index in [9.17, 15) is 14.0 Å². The largest absolute Gasteiger partial charge is 0.398 e. The Morgan fingerprint density at radius 1 is 0.947 bits per heavy atom. The topological polar surface area (TPSA) is 63.4 Å². The summed E-state index contributed by atoms with van der Waals surface area (Å²) in [5.41, 5.74) is 6.20. The standard InChI is InChI=1S/C14H9FN2O2/c15-9-5-1-2-7-11(9)17-13(18)8-4-3-6-10(16)12(8)14(17)19/h1-7H,16H2. The van der Waals surface area contributed by atoms with Gasteiger partial charge in [-0.15, -0.1) is 0 Å². The highest BCUT2D eigenvalue weighted by molar-refractivity contribution is 6.35. The van der Waals surface area contributed by atoms with E-state index in [4.69, 9.17) is 5.73 Å². The summed E-state index contributed by atoms with van der Waals surface area (Å²) < 4.78 is 13.7. The highest BCUT2D eigenvalue weighted by Crippen LogP contribution is 2.32. The summed E-state index contributed by atoms with van der Waals surface area (Å²) in [5.74, 6) is -1.78. The van der Waals surface area contributed by atoms with E-state index in [0.717, 1.165) is 4.90 Å². The van der Waals surface area contributed by atoms with E-state index < -0.39 is 17.6 Å². The van der Waals surface area contributed by atoms with Gasteiger partial charge in [-0.2, -0.15) is 0 Å². The molecule has 0 unspecified atom stereocenters. The van der Waals surface area contributed by atoms with Crippen LogP contribution in [0.3, 0.4) is 0 Å². The van der Waals surface area contributed by atoms with Gasteiger partial charge in [0.15, 0.2) is 0 Å². The highest BCUT2D eigenvalue weighted by Gasteiger charge is 2.39. The van der Waals surface area contributed by atoms with Crippen LogP contribution in [-0.2, 0) is 0 Å². The zero-order chi connectivity index (χ0) is 13.6. The fourth-order valence-corrected chi connectivity index (χ4v) is 2.16. The molecule has 0 bridgehead atoms. The Kier molecular flexibility index (Phi) is 2.35. The molecular formula is C14H9FN2O2. The van der Waals surface area contributed by atoms with Crippen molar-refractivity contribution in [3.05, 3.63) is 59.4 Å². The molecule has 4 nitrogen and oxygen atoms in total. The van der Waals surface area contributed by atoms with Gasteiger partial charge in [-0.3, -0.25) is 9.59 Å². The quantitative estimate of drug-likeness (QED) is 0.628. The smallest absolute Gasteiger partial charge is 0.268 e. The summed E-state index contributed by atoms with van der Waals surface area (Å²) in [6, 6.07) is 10.3. The first-order valence-corrected chi connectivity index (χ1v) is 5.63. The Balaban J connectivity index is 2.19. The van der Waals surface area contributed by atoms with Crippen molar-refractivity contribution in [1.82, 2.24) is 0 Å². The first kappa shape index (κ1) is 11.4. The molecule has 5 heteroatoms. The number of amides is 2. The monoisotopic (exact) mass is 256 g/mol. The number of nitrogens with two attached hydrogens (primary N) is 1. The van der Waals surface area contributed by atoms with E-state index in [-0.39, 0.29) is 22.5 Å². The van der Waals surface area contributed by atoms with Gasteiger partial charge in [0.2, 0.25) is 0 Å². The zero-order valence-corrected chi connectivity index (χ0v) is 9.76. The summed E-state index contributed by atoms with van der Waals surface area (Å²) in [5, 5.41) is 0. The molecule has 2 aromatic carbocycles. The minimum Gasteiger partial charge on any atom is -0.398 e. The van der Waals surface area contributed by atoms with Gasteiger partial charge in [0.25, 0.3) is 11.8 Å². The van der Waals surface area contributed by atoms with Crippen LogP contribution < -0.4 is 10.6 Å². The lowest BCUT2D eigenvalue weighted by Gasteiger charge is -2.14. The van der Waals surface area contributed by atoms with Crippen molar-refractivity contribution in [2.75, 3.05) is 10.6 Å². The van der Waals surface area contributed by atoms with Crippen molar-refractivity contribution >= 4 is 23.2 Å². The second kappa shape index (κ2) is 3.91. The van der Waals surface area contributed by atoms with Crippen LogP contribution in [0.1, 0.15) is 20.7 Å². The van der Waals surface area contributed by atoms with Crippen LogP contribution >= 0.6 is 0 Å². The Morgan fingerprint density at radius 3 is 2.37 bits per heavy atom. The summed E-state index contributed by atoms with van der Waals surface area (Å²) >= 11 is 0. The Morgan fingerprint density at radius 2 is 1.68 bits per heavy atom. The molecule has 0 atom stereocenters. The van der Waals surface area contributed by atoms with E-state index in [1.807, 2.05) is 0 Å². The summed E-state index contributed by atoms with van der Waals surface area (Å²) in [7, 11) is 0. The molecule has 0 fully saturated rings. The molecule has 2 aromatic rings. The van der Waals surface area contributed by atoms with E-state index in [2.05, 4.69) is 0 Å². The molecule has 2 N–H and O–H groups in total. The number of carbonyl (C=O) groups excluding carboxylic acids is 2. The maximum atomic E-state index is 13.7. The van der Waals surface area contributed by atoms with Gasteiger partial charge < -0.3 is 5.73 Å². The zero-order valence-electron chi connectivity index (χ0n) is 9.76. The van der Waals surface area contributed by atoms with Crippen molar-refractivity contribution in [3.63, 3.8) is 0 Å².